The summed E-state index contributed by atoms with van der Waals surface area (Å²) >= 11 is 0. The molecule has 0 radical (unpaired) electrons. The zero-order chi connectivity index (χ0) is 7.66. The van der Waals surface area contributed by atoms with Crippen LogP contribution in [0.1, 0.15) is 65.2 Å². The van der Waals surface area contributed by atoms with Gasteiger partial charge in [-0.25, -0.2) is 0 Å². The third kappa shape index (κ3) is 6.12. The molecule has 0 unspecified atom stereocenters. The summed E-state index contributed by atoms with van der Waals surface area (Å²) in [5.41, 5.74) is 0. The molecule has 10 heavy (non-hydrogen) atoms. The van der Waals surface area contributed by atoms with Crippen LogP contribution in [0.15, 0.2) is 0 Å². The highest BCUT2D eigenvalue weighted by Gasteiger charge is 1.95. The third-order valence-corrected chi connectivity index (χ3v) is 2.00. The van der Waals surface area contributed by atoms with Crippen molar-refractivity contribution >= 4 is 0 Å². The molecule has 0 aromatic heterocycles. The molecule has 0 aromatic rings. The summed E-state index contributed by atoms with van der Waals surface area (Å²) in [6, 6.07) is 0. The van der Waals surface area contributed by atoms with E-state index in [4.69, 9.17) is 0 Å². The van der Waals surface area contributed by atoms with Gasteiger partial charge in [0.2, 0.25) is 0 Å². The Hall–Kier alpha value is 0. The maximum absolute atomic E-state index is 2.00. The molecular formula is C10H22. The molecule has 2 rings (SSSR count). The standard InChI is InChI=1S/2C4H8.C2H6/c2*1-2-4-3-1;1-2/h2*1-4H2;1-2H3. The number of rotatable bonds is 0. The molecule has 0 nitrogen and oxygen atoms in total. The van der Waals surface area contributed by atoms with E-state index < -0.39 is 0 Å². The van der Waals surface area contributed by atoms with Crippen molar-refractivity contribution in [2.75, 3.05) is 0 Å². The average molecular weight is 142 g/mol. The van der Waals surface area contributed by atoms with Crippen LogP contribution in [-0.4, -0.2) is 0 Å². The van der Waals surface area contributed by atoms with Gasteiger partial charge in [0.15, 0.2) is 0 Å². The minimum absolute atomic E-state index is 1.50. The van der Waals surface area contributed by atoms with Gasteiger partial charge in [-0.05, 0) is 0 Å². The fourth-order valence-electron chi connectivity index (χ4n) is 0.500. The van der Waals surface area contributed by atoms with Gasteiger partial charge in [-0.2, -0.15) is 0 Å². The highest BCUT2D eigenvalue weighted by atomic mass is 14.0. The SMILES string of the molecule is C1CCC1.C1CCC1.CC. The van der Waals surface area contributed by atoms with Crippen molar-refractivity contribution < 1.29 is 0 Å². The molecule has 0 heteroatoms. The van der Waals surface area contributed by atoms with Crippen LogP contribution in [0.5, 0.6) is 0 Å². The second kappa shape index (κ2) is 9.00. The minimum Gasteiger partial charge on any atom is -0.0683 e. The third-order valence-electron chi connectivity index (χ3n) is 2.00. The van der Waals surface area contributed by atoms with E-state index in [0.717, 1.165) is 0 Å². The summed E-state index contributed by atoms with van der Waals surface area (Å²) in [6.45, 7) is 4.00. The quantitative estimate of drug-likeness (QED) is 0.476. The monoisotopic (exact) mass is 142 g/mol. The molecule has 62 valence electrons. The lowest BCUT2D eigenvalue weighted by Gasteiger charge is -2.05. The van der Waals surface area contributed by atoms with Crippen LogP contribution in [0.2, 0.25) is 0 Å². The van der Waals surface area contributed by atoms with Crippen LogP contribution in [0.4, 0.5) is 0 Å². The highest BCUT2D eigenvalue weighted by molar-refractivity contribution is 4.51. The smallest absolute Gasteiger partial charge is 0.0533 e. The predicted molar refractivity (Wildman–Crippen MR) is 48.3 cm³/mol. The van der Waals surface area contributed by atoms with Crippen molar-refractivity contribution in [3.05, 3.63) is 0 Å². The highest BCUT2D eigenvalue weighted by Crippen LogP contribution is 2.15. The van der Waals surface area contributed by atoms with Gasteiger partial charge in [0.1, 0.15) is 0 Å². The van der Waals surface area contributed by atoms with E-state index >= 15 is 0 Å². The molecule has 0 heterocycles. The summed E-state index contributed by atoms with van der Waals surface area (Å²) in [5, 5.41) is 0. The van der Waals surface area contributed by atoms with Gasteiger partial charge in [-0.3, -0.25) is 0 Å². The lowest BCUT2D eigenvalue weighted by molar-refractivity contribution is 0.504. The first-order valence-corrected chi connectivity index (χ1v) is 5.00. The maximum atomic E-state index is 2.00. The van der Waals surface area contributed by atoms with E-state index in [-0.39, 0.29) is 0 Å². The Kier molecular flexibility index (Phi) is 9.00. The van der Waals surface area contributed by atoms with E-state index in [1.54, 1.807) is 0 Å². The van der Waals surface area contributed by atoms with Crippen LogP contribution in [0.25, 0.3) is 0 Å². The van der Waals surface area contributed by atoms with Crippen molar-refractivity contribution in [2.45, 2.75) is 65.2 Å². The molecule has 0 saturated heterocycles. The Labute approximate surface area is 66.0 Å². The van der Waals surface area contributed by atoms with E-state index in [1.807, 2.05) is 13.8 Å². The van der Waals surface area contributed by atoms with Crippen LogP contribution in [-0.2, 0) is 0 Å². The van der Waals surface area contributed by atoms with Crippen LogP contribution in [0.3, 0.4) is 0 Å². The second-order valence-electron chi connectivity index (χ2n) is 2.83. The topological polar surface area (TPSA) is 0 Å². The molecule has 0 aliphatic heterocycles. The van der Waals surface area contributed by atoms with Crippen molar-refractivity contribution in [3.8, 4) is 0 Å². The molecule has 2 aliphatic carbocycles. The molecule has 2 fully saturated rings. The molecule has 2 aliphatic rings. The molecule has 0 N–H and O–H groups in total. The first-order chi connectivity index (χ1) is 5.00. The molecule has 0 spiro atoms. The van der Waals surface area contributed by atoms with E-state index in [1.165, 1.54) is 51.4 Å². The van der Waals surface area contributed by atoms with Gasteiger partial charge in [-0.1, -0.05) is 65.2 Å². The zero-order valence-electron chi connectivity index (χ0n) is 7.66. The molecular weight excluding hydrogens is 120 g/mol. The van der Waals surface area contributed by atoms with Gasteiger partial charge in [-0.15, -0.1) is 0 Å². The van der Waals surface area contributed by atoms with Gasteiger partial charge < -0.3 is 0 Å². The number of hydrogen-bond donors (Lipinski definition) is 0. The average Bonchev–Trinajstić information content (AvgIpc) is 1.59. The van der Waals surface area contributed by atoms with Gasteiger partial charge >= 0.3 is 0 Å². The molecule has 0 bridgehead atoms. The zero-order valence-corrected chi connectivity index (χ0v) is 7.66. The lowest BCUT2D eigenvalue weighted by Crippen LogP contribution is -1.85. The molecule has 2 saturated carbocycles. The molecule has 0 aromatic carbocycles. The number of hydrogen-bond acceptors (Lipinski definition) is 0. The Morgan fingerprint density at radius 3 is 0.500 bits per heavy atom. The largest absolute Gasteiger partial charge is 0.0683 e. The molecule has 0 amide bonds. The summed E-state index contributed by atoms with van der Waals surface area (Å²) in [7, 11) is 0. The summed E-state index contributed by atoms with van der Waals surface area (Å²) in [4.78, 5) is 0. The maximum Gasteiger partial charge on any atom is -0.0533 e. The Balaban J connectivity index is 0.000000131. The Morgan fingerprint density at radius 1 is 0.400 bits per heavy atom. The van der Waals surface area contributed by atoms with E-state index in [0.29, 0.717) is 0 Å². The van der Waals surface area contributed by atoms with Crippen LogP contribution < -0.4 is 0 Å². The van der Waals surface area contributed by atoms with Crippen molar-refractivity contribution in [3.63, 3.8) is 0 Å². The normalized spacial score (nSPS) is 19.8. The summed E-state index contributed by atoms with van der Waals surface area (Å²) in [6.07, 6.45) is 12.0. The van der Waals surface area contributed by atoms with Gasteiger partial charge in [0.05, 0.1) is 0 Å². The first kappa shape index (κ1) is 10.0. The van der Waals surface area contributed by atoms with Crippen LogP contribution in [0, 0.1) is 0 Å². The van der Waals surface area contributed by atoms with Gasteiger partial charge in [0, 0.05) is 0 Å². The van der Waals surface area contributed by atoms with Crippen molar-refractivity contribution in [2.24, 2.45) is 0 Å². The van der Waals surface area contributed by atoms with Crippen molar-refractivity contribution in [1.29, 1.82) is 0 Å². The van der Waals surface area contributed by atoms with Crippen molar-refractivity contribution in [1.82, 2.24) is 0 Å². The summed E-state index contributed by atoms with van der Waals surface area (Å²) in [5.74, 6) is 0. The van der Waals surface area contributed by atoms with E-state index in [9.17, 15) is 0 Å². The Morgan fingerprint density at radius 2 is 0.500 bits per heavy atom. The molecule has 0 atom stereocenters. The van der Waals surface area contributed by atoms with Crippen LogP contribution >= 0.6 is 0 Å². The fourth-order valence-corrected chi connectivity index (χ4v) is 0.500. The minimum atomic E-state index is 1.50. The predicted octanol–water partition coefficient (Wildman–Crippen LogP) is 4.15. The summed E-state index contributed by atoms with van der Waals surface area (Å²) < 4.78 is 0. The first-order valence-electron chi connectivity index (χ1n) is 5.00. The fraction of sp³-hybridized carbons (Fsp3) is 1.00. The Bertz CT molecular complexity index is 24.0. The van der Waals surface area contributed by atoms with Gasteiger partial charge in [0.25, 0.3) is 0 Å². The second-order valence-corrected chi connectivity index (χ2v) is 2.83. The van der Waals surface area contributed by atoms with E-state index in [2.05, 4.69) is 0 Å². The lowest BCUT2D eigenvalue weighted by atomic mass is 10.0.